The highest BCUT2D eigenvalue weighted by atomic mass is 16.6. The van der Waals surface area contributed by atoms with Crippen molar-refractivity contribution in [3.8, 4) is 0 Å². The topological polar surface area (TPSA) is 120 Å². The summed E-state index contributed by atoms with van der Waals surface area (Å²) in [6.07, 6.45) is 3.18. The zero-order valence-corrected chi connectivity index (χ0v) is 24.8. The van der Waals surface area contributed by atoms with E-state index in [9.17, 15) is 19.2 Å². The number of nitrogens with zero attached hydrogens (tertiary/aromatic N) is 2. The van der Waals surface area contributed by atoms with Crippen molar-refractivity contribution in [2.75, 3.05) is 20.1 Å². The third-order valence-corrected chi connectivity index (χ3v) is 8.19. The van der Waals surface area contributed by atoms with E-state index in [0.717, 1.165) is 22.6 Å². The molecule has 0 radical (unpaired) electrons. The minimum atomic E-state index is -1.01. The van der Waals surface area contributed by atoms with E-state index in [4.69, 9.17) is 4.84 Å². The molecule has 0 aromatic heterocycles. The molecule has 2 heterocycles. The van der Waals surface area contributed by atoms with Crippen LogP contribution in [0.2, 0.25) is 0 Å². The fourth-order valence-corrected chi connectivity index (χ4v) is 5.74. The van der Waals surface area contributed by atoms with Crippen LogP contribution in [-0.2, 0) is 32.2 Å². The van der Waals surface area contributed by atoms with Crippen LogP contribution >= 0.6 is 0 Å². The van der Waals surface area contributed by atoms with Gasteiger partial charge in [0.15, 0.2) is 0 Å². The van der Waals surface area contributed by atoms with Crippen molar-refractivity contribution in [3.05, 3.63) is 71.8 Å². The third kappa shape index (κ3) is 7.95. The van der Waals surface area contributed by atoms with Gasteiger partial charge in [0, 0.05) is 13.1 Å². The molecule has 4 rings (SSSR count). The van der Waals surface area contributed by atoms with Crippen LogP contribution in [0.1, 0.15) is 57.1 Å². The number of benzene rings is 2. The number of nitrogens with one attached hydrogen (secondary N) is 3. The molecule has 2 aliphatic heterocycles. The summed E-state index contributed by atoms with van der Waals surface area (Å²) < 4.78 is 0. The molecule has 10 heteroatoms. The molecule has 0 unspecified atom stereocenters. The molecule has 1 spiro atoms. The molecule has 2 saturated heterocycles. The number of hydrogen-bond acceptors (Lipinski definition) is 6. The van der Waals surface area contributed by atoms with Crippen molar-refractivity contribution in [2.45, 2.75) is 64.5 Å². The van der Waals surface area contributed by atoms with E-state index in [0.29, 0.717) is 45.2 Å². The van der Waals surface area contributed by atoms with Gasteiger partial charge in [-0.15, -0.1) is 0 Å². The molecule has 5 amide bonds. The highest BCUT2D eigenvalue weighted by molar-refractivity contribution is 6.08. The average Bonchev–Trinajstić information content (AvgIpc) is 3.20. The highest BCUT2D eigenvalue weighted by Crippen LogP contribution is 2.30. The van der Waals surface area contributed by atoms with Crippen molar-refractivity contribution in [1.29, 1.82) is 0 Å². The maximum absolute atomic E-state index is 13.8. The van der Waals surface area contributed by atoms with Crippen molar-refractivity contribution in [2.24, 2.45) is 17.8 Å². The molecule has 0 bridgehead atoms. The quantitative estimate of drug-likeness (QED) is 0.247. The summed E-state index contributed by atoms with van der Waals surface area (Å²) in [5, 5.41) is 3.63. The number of imide groups is 1. The summed E-state index contributed by atoms with van der Waals surface area (Å²) >= 11 is 0. The van der Waals surface area contributed by atoms with E-state index >= 15 is 0 Å². The fourth-order valence-electron chi connectivity index (χ4n) is 5.74. The zero-order chi connectivity index (χ0) is 30.1. The maximum Gasteiger partial charge on any atom is 0.344 e. The van der Waals surface area contributed by atoms with E-state index in [1.165, 1.54) is 0 Å². The van der Waals surface area contributed by atoms with Gasteiger partial charge in [0.05, 0.1) is 18.4 Å². The SMILES string of the molecule is CC(C)C[C@@H](C(=O)NN1C(=O)NC2(CCN(C)CC2)C1=O)[C@H](CCCc1ccccc1)C(=O)NOCc1ccccc1. The summed E-state index contributed by atoms with van der Waals surface area (Å²) in [4.78, 5) is 61.3. The van der Waals surface area contributed by atoms with Gasteiger partial charge in [0.1, 0.15) is 5.54 Å². The smallest absolute Gasteiger partial charge is 0.321 e. The van der Waals surface area contributed by atoms with Gasteiger partial charge < -0.3 is 10.2 Å². The molecule has 2 aromatic rings. The average molecular weight is 578 g/mol. The lowest BCUT2D eigenvalue weighted by Gasteiger charge is -2.35. The second kappa shape index (κ2) is 14.4. The van der Waals surface area contributed by atoms with Gasteiger partial charge in [0.2, 0.25) is 11.8 Å². The number of piperidine rings is 1. The number of carbonyl (C=O) groups excluding carboxylic acids is 4. The first-order valence-electron chi connectivity index (χ1n) is 14.8. The van der Waals surface area contributed by atoms with Crippen LogP contribution in [0.5, 0.6) is 0 Å². The molecule has 2 fully saturated rings. The molecule has 0 aliphatic carbocycles. The summed E-state index contributed by atoms with van der Waals surface area (Å²) in [6, 6.07) is 18.8. The highest BCUT2D eigenvalue weighted by Gasteiger charge is 2.53. The lowest BCUT2D eigenvalue weighted by Crippen LogP contribution is -2.56. The molecule has 0 saturated carbocycles. The largest absolute Gasteiger partial charge is 0.344 e. The van der Waals surface area contributed by atoms with Crippen LogP contribution in [0, 0.1) is 17.8 Å². The van der Waals surface area contributed by atoms with E-state index in [1.54, 1.807) is 0 Å². The van der Waals surface area contributed by atoms with Crippen LogP contribution < -0.4 is 16.2 Å². The number of rotatable bonds is 13. The number of aryl methyl sites for hydroxylation is 1. The zero-order valence-electron chi connectivity index (χ0n) is 24.8. The lowest BCUT2D eigenvalue weighted by atomic mass is 9.81. The van der Waals surface area contributed by atoms with E-state index in [1.807, 2.05) is 81.6 Å². The minimum absolute atomic E-state index is 0.0822. The Kier molecular flexibility index (Phi) is 10.7. The van der Waals surface area contributed by atoms with Gasteiger partial charge in [0.25, 0.3) is 5.91 Å². The number of likely N-dealkylation sites (tertiary alicyclic amines) is 1. The van der Waals surface area contributed by atoms with E-state index < -0.39 is 41.1 Å². The molecule has 2 aliphatic rings. The number of carbonyl (C=O) groups is 4. The van der Waals surface area contributed by atoms with Crippen molar-refractivity contribution in [3.63, 3.8) is 0 Å². The Balaban J connectivity index is 1.48. The maximum atomic E-state index is 13.8. The van der Waals surface area contributed by atoms with E-state index in [2.05, 4.69) is 21.1 Å². The summed E-state index contributed by atoms with van der Waals surface area (Å²) in [6.45, 7) is 5.47. The molecule has 10 nitrogen and oxygen atoms in total. The molecule has 3 N–H and O–H groups in total. The molecular formula is C32H43N5O5. The fraction of sp³-hybridized carbons (Fsp3) is 0.500. The molecule has 226 valence electrons. The summed E-state index contributed by atoms with van der Waals surface area (Å²) in [7, 11) is 1.97. The van der Waals surface area contributed by atoms with Gasteiger partial charge in [-0.25, -0.2) is 10.3 Å². The summed E-state index contributed by atoms with van der Waals surface area (Å²) in [5.74, 6) is -2.81. The summed E-state index contributed by atoms with van der Waals surface area (Å²) in [5.41, 5.74) is 6.19. The Morgan fingerprint density at radius 3 is 2.17 bits per heavy atom. The van der Waals surface area contributed by atoms with E-state index in [-0.39, 0.29) is 12.5 Å². The van der Waals surface area contributed by atoms with Crippen molar-refractivity contribution < 1.29 is 24.0 Å². The molecule has 2 aromatic carbocycles. The minimum Gasteiger partial charge on any atom is -0.321 e. The van der Waals surface area contributed by atoms with Gasteiger partial charge in [-0.05, 0) is 62.6 Å². The third-order valence-electron chi connectivity index (χ3n) is 8.19. The number of hydroxylamine groups is 1. The lowest BCUT2D eigenvalue weighted by molar-refractivity contribution is -0.148. The van der Waals surface area contributed by atoms with Gasteiger partial charge in [-0.1, -0.05) is 74.5 Å². The van der Waals surface area contributed by atoms with Crippen LogP contribution in [0.25, 0.3) is 0 Å². The predicted molar refractivity (Wildman–Crippen MR) is 158 cm³/mol. The number of hydrogen-bond donors (Lipinski definition) is 3. The Labute approximate surface area is 248 Å². The molecule has 2 atom stereocenters. The van der Waals surface area contributed by atoms with Crippen molar-refractivity contribution in [1.82, 2.24) is 26.1 Å². The normalized spacial score (nSPS) is 18.1. The number of hydrazine groups is 1. The predicted octanol–water partition coefficient (Wildman–Crippen LogP) is 3.58. The first-order chi connectivity index (χ1) is 20.2. The second-order valence-corrected chi connectivity index (χ2v) is 11.9. The van der Waals surface area contributed by atoms with Crippen LogP contribution in [0.3, 0.4) is 0 Å². The number of amides is 5. The first kappa shape index (κ1) is 31.2. The molecule has 42 heavy (non-hydrogen) atoms. The van der Waals surface area contributed by atoms with Gasteiger partial charge >= 0.3 is 6.03 Å². The van der Waals surface area contributed by atoms with Crippen LogP contribution in [-0.4, -0.2) is 59.3 Å². The number of urea groups is 1. The molecular weight excluding hydrogens is 534 g/mol. The van der Waals surface area contributed by atoms with Crippen LogP contribution in [0.4, 0.5) is 4.79 Å². The van der Waals surface area contributed by atoms with Gasteiger partial charge in [-0.3, -0.25) is 24.6 Å². The Morgan fingerprint density at radius 2 is 1.55 bits per heavy atom. The Morgan fingerprint density at radius 1 is 0.929 bits per heavy atom. The second-order valence-electron chi connectivity index (χ2n) is 11.9. The van der Waals surface area contributed by atoms with Crippen molar-refractivity contribution >= 4 is 23.8 Å². The van der Waals surface area contributed by atoms with Gasteiger partial charge in [-0.2, -0.15) is 5.01 Å². The Hall–Kier alpha value is -3.76. The standard InChI is InChI=1S/C32H43N5O5/c1-23(2)21-27(28(38)34-37-30(40)32(33-31(37)41)17-19-36(3)20-18-32)26(16-10-15-24-11-6-4-7-12-24)29(39)35-42-22-25-13-8-5-9-14-25/h4-9,11-14,23,26-27H,10,15-22H2,1-3H3,(H,33,41)(H,34,38)(H,35,39)/t26-,27+/m0/s1. The monoisotopic (exact) mass is 577 g/mol. The van der Waals surface area contributed by atoms with Crippen LogP contribution in [0.15, 0.2) is 60.7 Å². The first-order valence-corrected chi connectivity index (χ1v) is 14.8. The Bertz CT molecular complexity index is 1210.